The monoisotopic (exact) mass is 252 g/mol. The molecule has 2 rings (SSSR count). The number of hydrogen-bond acceptors (Lipinski definition) is 3. The Balaban J connectivity index is 2.06. The summed E-state index contributed by atoms with van der Waals surface area (Å²) in [6, 6.07) is 0.790. The predicted octanol–water partition coefficient (Wildman–Crippen LogP) is 3.86. The molecule has 0 atom stereocenters. The van der Waals surface area contributed by atoms with Crippen molar-refractivity contribution in [2.45, 2.75) is 71.4 Å². The highest BCUT2D eigenvalue weighted by molar-refractivity contribution is 7.11. The Morgan fingerprint density at radius 1 is 1.29 bits per heavy atom. The van der Waals surface area contributed by atoms with E-state index < -0.39 is 0 Å². The first-order chi connectivity index (χ1) is 8.28. The average molecular weight is 252 g/mol. The average Bonchev–Trinajstić information content (AvgIpc) is 3.09. The van der Waals surface area contributed by atoms with Crippen molar-refractivity contribution in [3.05, 3.63) is 15.6 Å². The quantitative estimate of drug-likeness (QED) is 0.797. The van der Waals surface area contributed by atoms with E-state index in [2.05, 4.69) is 26.1 Å². The van der Waals surface area contributed by atoms with Crippen LogP contribution in [0.15, 0.2) is 0 Å². The zero-order valence-electron chi connectivity index (χ0n) is 11.3. The van der Waals surface area contributed by atoms with Crippen molar-refractivity contribution in [3.8, 4) is 0 Å². The van der Waals surface area contributed by atoms with Gasteiger partial charge in [-0.05, 0) is 32.1 Å². The van der Waals surface area contributed by atoms with E-state index in [0.717, 1.165) is 19.0 Å². The topological polar surface area (TPSA) is 24.9 Å². The molecular formula is C14H24N2S. The SMILES string of the molecule is CCc1nc(C(CC)CC)sc1CNC1CC1. The maximum atomic E-state index is 4.85. The van der Waals surface area contributed by atoms with Crippen molar-refractivity contribution in [3.63, 3.8) is 0 Å². The van der Waals surface area contributed by atoms with E-state index in [9.17, 15) is 0 Å². The number of thiazole rings is 1. The first-order valence-corrected chi connectivity index (χ1v) is 7.81. The molecule has 1 aliphatic rings. The normalized spacial score (nSPS) is 15.8. The second kappa shape index (κ2) is 5.96. The van der Waals surface area contributed by atoms with Crippen LogP contribution in [-0.2, 0) is 13.0 Å². The van der Waals surface area contributed by atoms with Gasteiger partial charge in [0.05, 0.1) is 10.7 Å². The lowest BCUT2D eigenvalue weighted by molar-refractivity contribution is 0.635. The third-order valence-corrected chi connectivity index (χ3v) is 4.85. The number of rotatable bonds is 7. The Morgan fingerprint density at radius 2 is 2.00 bits per heavy atom. The van der Waals surface area contributed by atoms with Crippen LogP contribution in [0.1, 0.15) is 68.0 Å². The summed E-state index contributed by atoms with van der Waals surface area (Å²) in [5.41, 5.74) is 1.32. The van der Waals surface area contributed by atoms with E-state index in [4.69, 9.17) is 4.98 Å². The summed E-state index contributed by atoms with van der Waals surface area (Å²) < 4.78 is 0. The largest absolute Gasteiger partial charge is 0.309 e. The van der Waals surface area contributed by atoms with Crippen LogP contribution in [0.25, 0.3) is 0 Å². The molecule has 0 aliphatic heterocycles. The molecule has 1 N–H and O–H groups in total. The van der Waals surface area contributed by atoms with Crippen molar-refractivity contribution in [2.75, 3.05) is 0 Å². The Hall–Kier alpha value is -0.410. The Morgan fingerprint density at radius 3 is 2.53 bits per heavy atom. The molecule has 1 saturated carbocycles. The lowest BCUT2D eigenvalue weighted by Crippen LogP contribution is -2.15. The molecule has 0 radical (unpaired) electrons. The molecule has 0 bridgehead atoms. The minimum Gasteiger partial charge on any atom is -0.309 e. The molecular weight excluding hydrogens is 228 g/mol. The molecule has 0 unspecified atom stereocenters. The lowest BCUT2D eigenvalue weighted by atomic mass is 10.1. The molecule has 0 spiro atoms. The van der Waals surface area contributed by atoms with Gasteiger partial charge in [0.1, 0.15) is 0 Å². The van der Waals surface area contributed by atoms with Crippen LogP contribution < -0.4 is 5.32 Å². The standard InChI is InChI=1S/C14H24N2S/c1-4-10(5-2)14-16-12(6-3)13(17-14)9-15-11-7-8-11/h10-11,15H,4-9H2,1-3H3. The van der Waals surface area contributed by atoms with E-state index in [-0.39, 0.29) is 0 Å². The molecule has 1 aromatic rings. The van der Waals surface area contributed by atoms with E-state index in [0.29, 0.717) is 5.92 Å². The zero-order valence-corrected chi connectivity index (χ0v) is 12.1. The molecule has 1 heterocycles. The minimum atomic E-state index is 0.667. The first-order valence-electron chi connectivity index (χ1n) is 7.00. The molecule has 0 saturated heterocycles. The lowest BCUT2D eigenvalue weighted by Gasteiger charge is -2.07. The Labute approximate surface area is 109 Å². The molecule has 0 aromatic carbocycles. The highest BCUT2D eigenvalue weighted by Crippen LogP contribution is 2.30. The Kier molecular flexibility index (Phi) is 4.57. The summed E-state index contributed by atoms with van der Waals surface area (Å²) in [6.07, 6.45) is 6.21. The summed E-state index contributed by atoms with van der Waals surface area (Å²) in [5.74, 6) is 0.667. The van der Waals surface area contributed by atoms with Gasteiger partial charge in [0.15, 0.2) is 0 Å². The van der Waals surface area contributed by atoms with Crippen molar-refractivity contribution in [1.82, 2.24) is 10.3 Å². The van der Waals surface area contributed by atoms with Crippen LogP contribution in [0.3, 0.4) is 0 Å². The van der Waals surface area contributed by atoms with E-state index in [1.807, 2.05) is 11.3 Å². The molecule has 0 amide bonds. The van der Waals surface area contributed by atoms with Crippen LogP contribution in [-0.4, -0.2) is 11.0 Å². The molecule has 2 nitrogen and oxygen atoms in total. The van der Waals surface area contributed by atoms with Gasteiger partial charge >= 0.3 is 0 Å². The molecule has 96 valence electrons. The van der Waals surface area contributed by atoms with E-state index in [1.165, 1.54) is 41.3 Å². The highest BCUT2D eigenvalue weighted by atomic mass is 32.1. The van der Waals surface area contributed by atoms with Gasteiger partial charge in [0, 0.05) is 23.4 Å². The Bertz CT molecular complexity index is 351. The fourth-order valence-electron chi connectivity index (χ4n) is 2.15. The second-order valence-corrected chi connectivity index (χ2v) is 6.06. The first kappa shape index (κ1) is 13.0. The number of nitrogens with zero attached hydrogens (tertiary/aromatic N) is 1. The molecule has 17 heavy (non-hydrogen) atoms. The van der Waals surface area contributed by atoms with Gasteiger partial charge in [-0.1, -0.05) is 20.8 Å². The van der Waals surface area contributed by atoms with E-state index in [1.54, 1.807) is 0 Å². The van der Waals surface area contributed by atoms with Gasteiger partial charge in [-0.25, -0.2) is 4.98 Å². The van der Waals surface area contributed by atoms with Crippen molar-refractivity contribution in [1.29, 1.82) is 0 Å². The van der Waals surface area contributed by atoms with Crippen LogP contribution >= 0.6 is 11.3 Å². The van der Waals surface area contributed by atoms with Crippen molar-refractivity contribution >= 4 is 11.3 Å². The van der Waals surface area contributed by atoms with Gasteiger partial charge in [-0.2, -0.15) is 0 Å². The van der Waals surface area contributed by atoms with E-state index >= 15 is 0 Å². The number of aryl methyl sites for hydroxylation is 1. The highest BCUT2D eigenvalue weighted by Gasteiger charge is 2.22. The van der Waals surface area contributed by atoms with Crippen molar-refractivity contribution in [2.24, 2.45) is 0 Å². The molecule has 1 aromatic heterocycles. The van der Waals surface area contributed by atoms with Gasteiger partial charge in [-0.15, -0.1) is 11.3 Å². The van der Waals surface area contributed by atoms with Gasteiger partial charge < -0.3 is 5.32 Å². The smallest absolute Gasteiger partial charge is 0.0962 e. The fraction of sp³-hybridized carbons (Fsp3) is 0.786. The van der Waals surface area contributed by atoms with Crippen LogP contribution in [0, 0.1) is 0 Å². The molecule has 3 heteroatoms. The summed E-state index contributed by atoms with van der Waals surface area (Å²) >= 11 is 1.94. The van der Waals surface area contributed by atoms with Gasteiger partial charge in [0.2, 0.25) is 0 Å². The summed E-state index contributed by atoms with van der Waals surface area (Å²) in [4.78, 5) is 6.32. The maximum Gasteiger partial charge on any atom is 0.0962 e. The molecule has 1 fully saturated rings. The van der Waals surface area contributed by atoms with Crippen LogP contribution in [0.4, 0.5) is 0 Å². The van der Waals surface area contributed by atoms with Gasteiger partial charge in [0.25, 0.3) is 0 Å². The number of nitrogens with one attached hydrogen (secondary N) is 1. The van der Waals surface area contributed by atoms with Gasteiger partial charge in [-0.3, -0.25) is 0 Å². The van der Waals surface area contributed by atoms with Crippen molar-refractivity contribution < 1.29 is 0 Å². The van der Waals surface area contributed by atoms with Crippen LogP contribution in [0.2, 0.25) is 0 Å². The second-order valence-electron chi connectivity index (χ2n) is 4.94. The maximum absolute atomic E-state index is 4.85. The molecule has 1 aliphatic carbocycles. The third-order valence-electron chi connectivity index (χ3n) is 3.59. The number of hydrogen-bond donors (Lipinski definition) is 1. The summed E-state index contributed by atoms with van der Waals surface area (Å²) in [5, 5.41) is 4.97. The minimum absolute atomic E-state index is 0.667. The zero-order chi connectivity index (χ0) is 12.3. The third kappa shape index (κ3) is 3.29. The fourth-order valence-corrected chi connectivity index (χ4v) is 3.53. The number of aromatic nitrogens is 1. The summed E-state index contributed by atoms with van der Waals surface area (Å²) in [7, 11) is 0. The van der Waals surface area contributed by atoms with Crippen LogP contribution in [0.5, 0.6) is 0 Å². The predicted molar refractivity (Wildman–Crippen MR) is 74.7 cm³/mol. The summed E-state index contributed by atoms with van der Waals surface area (Å²) in [6.45, 7) is 7.78.